The fraction of sp³-hybridized carbons (Fsp3) is 0.316. The van der Waals surface area contributed by atoms with Gasteiger partial charge in [-0.05, 0) is 30.2 Å². The largest absolute Gasteiger partial charge is 0.485 e. The van der Waals surface area contributed by atoms with E-state index in [1.54, 1.807) is 12.1 Å². The molecular weight excluding hydrogens is 276 g/mol. The van der Waals surface area contributed by atoms with Crippen molar-refractivity contribution in [3.05, 3.63) is 64.6 Å². The molecule has 0 saturated carbocycles. The summed E-state index contributed by atoms with van der Waals surface area (Å²) in [5.41, 5.74) is 2.53. The molecule has 3 rings (SSSR count). The lowest BCUT2D eigenvalue weighted by atomic mass is 9.85. The van der Waals surface area contributed by atoms with Gasteiger partial charge in [-0.2, -0.15) is 0 Å². The van der Waals surface area contributed by atoms with Crippen LogP contribution in [-0.4, -0.2) is 6.10 Å². The van der Waals surface area contributed by atoms with Gasteiger partial charge in [0.15, 0.2) is 0 Å². The summed E-state index contributed by atoms with van der Waals surface area (Å²) in [6.45, 7) is 13.6. The van der Waals surface area contributed by atoms with Gasteiger partial charge in [-0.1, -0.05) is 26.5 Å². The van der Waals surface area contributed by atoms with E-state index in [9.17, 15) is 4.79 Å². The number of fused-ring (bicyclic) bond motifs is 2. The first-order chi connectivity index (χ1) is 10.3. The van der Waals surface area contributed by atoms with E-state index in [-0.39, 0.29) is 11.7 Å². The molecule has 0 bridgehead atoms. The molecule has 0 spiro atoms. The molecule has 1 atom stereocenters. The first-order valence-electron chi connectivity index (χ1n) is 7.39. The highest BCUT2D eigenvalue weighted by molar-refractivity contribution is 5.80. The van der Waals surface area contributed by atoms with Crippen molar-refractivity contribution in [2.45, 2.75) is 38.7 Å². The van der Waals surface area contributed by atoms with Crippen molar-refractivity contribution in [3.8, 4) is 5.75 Å². The van der Waals surface area contributed by atoms with Crippen molar-refractivity contribution in [1.82, 2.24) is 0 Å². The van der Waals surface area contributed by atoms with Crippen molar-refractivity contribution in [1.29, 1.82) is 0 Å². The number of benzene rings is 1. The summed E-state index contributed by atoms with van der Waals surface area (Å²) >= 11 is 0. The Hall–Kier alpha value is -2.29. The van der Waals surface area contributed by atoms with Crippen LogP contribution in [0.4, 0.5) is 0 Å². The molecule has 0 unspecified atom stereocenters. The molecule has 2 heterocycles. The molecule has 0 radical (unpaired) electrons. The van der Waals surface area contributed by atoms with Gasteiger partial charge in [0.05, 0.1) is 0 Å². The fourth-order valence-electron chi connectivity index (χ4n) is 2.69. The molecule has 22 heavy (non-hydrogen) atoms. The maximum atomic E-state index is 12.2. The zero-order chi connectivity index (χ0) is 16.1. The molecule has 1 aromatic heterocycles. The lowest BCUT2D eigenvalue weighted by Crippen LogP contribution is -2.22. The Morgan fingerprint density at radius 1 is 1.36 bits per heavy atom. The third kappa shape index (κ3) is 2.27. The minimum atomic E-state index is -0.426. The maximum absolute atomic E-state index is 12.2. The predicted molar refractivity (Wildman–Crippen MR) is 88.6 cm³/mol. The standard InChI is InChI=1S/C19H20O3/c1-6-19(4,5)14-8-12-7-13-9-15(11(2)3)21-16(13)10-17(12)22-18(14)20/h6-8,10,15H,1-2,9H2,3-5H3/t15-/m0/s1. The second-order valence-corrected chi connectivity index (χ2v) is 6.53. The maximum Gasteiger partial charge on any atom is 0.340 e. The van der Waals surface area contributed by atoms with Gasteiger partial charge in [0.1, 0.15) is 17.4 Å². The van der Waals surface area contributed by atoms with Gasteiger partial charge in [-0.25, -0.2) is 4.79 Å². The number of allylic oxidation sites excluding steroid dienone is 1. The van der Waals surface area contributed by atoms with Gasteiger partial charge in [0, 0.05) is 28.9 Å². The van der Waals surface area contributed by atoms with Crippen LogP contribution in [0.3, 0.4) is 0 Å². The minimum absolute atomic E-state index is 0.00243. The van der Waals surface area contributed by atoms with E-state index in [4.69, 9.17) is 9.15 Å². The quantitative estimate of drug-likeness (QED) is 0.631. The van der Waals surface area contributed by atoms with Crippen LogP contribution in [0.5, 0.6) is 5.75 Å². The van der Waals surface area contributed by atoms with Gasteiger partial charge in [0.25, 0.3) is 0 Å². The Bertz CT molecular complexity index is 840. The zero-order valence-electron chi connectivity index (χ0n) is 13.2. The summed E-state index contributed by atoms with van der Waals surface area (Å²) in [4.78, 5) is 12.2. The molecule has 3 nitrogen and oxygen atoms in total. The van der Waals surface area contributed by atoms with Crippen molar-refractivity contribution in [2.24, 2.45) is 0 Å². The summed E-state index contributed by atoms with van der Waals surface area (Å²) in [6, 6.07) is 5.75. The van der Waals surface area contributed by atoms with E-state index in [2.05, 4.69) is 13.2 Å². The Balaban J connectivity index is 2.16. The lowest BCUT2D eigenvalue weighted by molar-refractivity contribution is 0.271. The van der Waals surface area contributed by atoms with Crippen molar-refractivity contribution < 1.29 is 9.15 Å². The van der Waals surface area contributed by atoms with Crippen LogP contribution >= 0.6 is 0 Å². The highest BCUT2D eigenvalue weighted by Gasteiger charge is 2.26. The van der Waals surface area contributed by atoms with Crippen molar-refractivity contribution in [2.75, 3.05) is 0 Å². The molecule has 0 amide bonds. The number of hydrogen-bond donors (Lipinski definition) is 0. The Kier molecular flexibility index (Phi) is 3.24. The molecule has 0 N–H and O–H groups in total. The highest BCUT2D eigenvalue weighted by atomic mass is 16.5. The third-order valence-corrected chi connectivity index (χ3v) is 4.34. The summed E-state index contributed by atoms with van der Waals surface area (Å²) in [7, 11) is 0. The number of hydrogen-bond acceptors (Lipinski definition) is 3. The van der Waals surface area contributed by atoms with E-state index in [1.165, 1.54) is 0 Å². The fourth-order valence-corrected chi connectivity index (χ4v) is 2.69. The first kappa shape index (κ1) is 14.6. The van der Waals surface area contributed by atoms with Gasteiger partial charge in [-0.15, -0.1) is 6.58 Å². The number of rotatable bonds is 3. The van der Waals surface area contributed by atoms with Gasteiger partial charge in [0.2, 0.25) is 0 Å². The van der Waals surface area contributed by atoms with E-state index >= 15 is 0 Å². The van der Waals surface area contributed by atoms with Gasteiger partial charge < -0.3 is 9.15 Å². The summed E-state index contributed by atoms with van der Waals surface area (Å²) in [5.74, 6) is 0.777. The molecule has 3 heteroatoms. The van der Waals surface area contributed by atoms with Crippen LogP contribution in [0.15, 0.2) is 52.2 Å². The molecular formula is C19H20O3. The van der Waals surface area contributed by atoms with Crippen molar-refractivity contribution in [3.63, 3.8) is 0 Å². The summed E-state index contributed by atoms with van der Waals surface area (Å²) in [6.07, 6.45) is 2.57. The normalized spacial score (nSPS) is 17.1. The Morgan fingerprint density at radius 3 is 2.73 bits per heavy atom. The highest BCUT2D eigenvalue weighted by Crippen LogP contribution is 2.35. The molecule has 2 aromatic rings. The van der Waals surface area contributed by atoms with Gasteiger partial charge >= 0.3 is 5.63 Å². The lowest BCUT2D eigenvalue weighted by Gasteiger charge is -2.18. The van der Waals surface area contributed by atoms with Gasteiger partial charge in [-0.3, -0.25) is 0 Å². The van der Waals surface area contributed by atoms with Crippen molar-refractivity contribution >= 4 is 11.0 Å². The predicted octanol–water partition coefficient (Wildman–Crippen LogP) is 4.14. The topological polar surface area (TPSA) is 39.4 Å². The molecule has 0 fully saturated rings. The average Bonchev–Trinajstić information content (AvgIpc) is 2.87. The smallest absolute Gasteiger partial charge is 0.340 e. The van der Waals surface area contributed by atoms with E-state index in [0.717, 1.165) is 28.7 Å². The van der Waals surface area contributed by atoms with E-state index < -0.39 is 5.41 Å². The monoisotopic (exact) mass is 296 g/mol. The number of ether oxygens (including phenoxy) is 1. The van der Waals surface area contributed by atoms with Crippen LogP contribution in [0.25, 0.3) is 11.0 Å². The molecule has 1 aliphatic heterocycles. The summed E-state index contributed by atoms with van der Waals surface area (Å²) < 4.78 is 11.4. The Labute approximate surface area is 129 Å². The van der Waals surface area contributed by atoms with Crippen LogP contribution in [0.2, 0.25) is 0 Å². The van der Waals surface area contributed by atoms with E-state index in [1.807, 2.05) is 32.9 Å². The van der Waals surface area contributed by atoms with E-state index in [0.29, 0.717) is 11.1 Å². The van der Waals surface area contributed by atoms with Crippen LogP contribution in [0.1, 0.15) is 31.9 Å². The third-order valence-electron chi connectivity index (χ3n) is 4.34. The molecule has 114 valence electrons. The first-order valence-corrected chi connectivity index (χ1v) is 7.39. The molecule has 0 saturated heterocycles. The molecule has 1 aliphatic rings. The van der Waals surface area contributed by atoms with Crippen LogP contribution in [-0.2, 0) is 11.8 Å². The summed E-state index contributed by atoms with van der Waals surface area (Å²) in [5, 5.41) is 0.911. The van der Waals surface area contributed by atoms with Crippen LogP contribution < -0.4 is 10.4 Å². The molecule has 0 aliphatic carbocycles. The van der Waals surface area contributed by atoms with Crippen LogP contribution in [0, 0.1) is 0 Å². The average molecular weight is 296 g/mol. The Morgan fingerprint density at radius 2 is 2.09 bits per heavy atom. The zero-order valence-corrected chi connectivity index (χ0v) is 13.2. The SMILES string of the molecule is C=CC(C)(C)c1cc2cc3c(cc2oc1=O)O[C@H](C(=C)C)C3. The minimum Gasteiger partial charge on any atom is -0.485 e. The second-order valence-electron chi connectivity index (χ2n) is 6.53. The second kappa shape index (κ2) is 4.87. The molecule has 1 aromatic carbocycles.